The Balaban J connectivity index is 1.76. The molecule has 1 aromatic rings. The zero-order valence-electron chi connectivity index (χ0n) is 11.8. The topological polar surface area (TPSA) is 20.3 Å². The van der Waals surface area contributed by atoms with Crippen LogP contribution in [0.1, 0.15) is 54.9 Å². The second-order valence-corrected chi connectivity index (χ2v) is 7.70. The first kappa shape index (κ1) is 14.6. The molecule has 0 spiro atoms. The number of aryl methyl sites for hydroxylation is 1. The predicted molar refractivity (Wildman–Crippen MR) is 87.8 cm³/mol. The standard InChI is InChI=1S/C16H22BrNOS/c17-9-3-10-18(12-4-1-5-12)16(19)14-6-2-7-15-13(14)8-11-20-15/h8,11-12,14H,1-7,9-10H2. The van der Waals surface area contributed by atoms with Crippen molar-refractivity contribution in [1.29, 1.82) is 0 Å². The molecular weight excluding hydrogens is 334 g/mol. The van der Waals surface area contributed by atoms with Crippen molar-refractivity contribution >= 4 is 33.2 Å². The number of rotatable bonds is 5. The summed E-state index contributed by atoms with van der Waals surface area (Å²) in [7, 11) is 0. The summed E-state index contributed by atoms with van der Waals surface area (Å²) < 4.78 is 0. The number of fused-ring (bicyclic) bond motifs is 1. The molecule has 2 aliphatic carbocycles. The summed E-state index contributed by atoms with van der Waals surface area (Å²) in [5, 5.41) is 3.14. The van der Waals surface area contributed by atoms with E-state index in [4.69, 9.17) is 0 Å². The van der Waals surface area contributed by atoms with Crippen molar-refractivity contribution in [3.05, 3.63) is 21.9 Å². The van der Waals surface area contributed by atoms with E-state index in [1.807, 2.05) is 11.3 Å². The van der Waals surface area contributed by atoms with Crippen molar-refractivity contribution in [2.45, 2.75) is 56.9 Å². The predicted octanol–water partition coefficient (Wildman–Crippen LogP) is 4.33. The molecule has 3 rings (SSSR count). The van der Waals surface area contributed by atoms with Gasteiger partial charge in [-0.15, -0.1) is 11.3 Å². The van der Waals surface area contributed by atoms with Crippen LogP contribution < -0.4 is 0 Å². The maximum atomic E-state index is 13.0. The maximum Gasteiger partial charge on any atom is 0.230 e. The van der Waals surface area contributed by atoms with Crippen molar-refractivity contribution in [2.75, 3.05) is 11.9 Å². The molecule has 1 aromatic heterocycles. The van der Waals surface area contributed by atoms with Crippen molar-refractivity contribution in [1.82, 2.24) is 4.90 Å². The molecule has 1 unspecified atom stereocenters. The Bertz CT molecular complexity index is 469. The van der Waals surface area contributed by atoms with Crippen LogP contribution in [0.25, 0.3) is 0 Å². The molecule has 1 atom stereocenters. The van der Waals surface area contributed by atoms with E-state index in [9.17, 15) is 4.79 Å². The van der Waals surface area contributed by atoms with E-state index in [1.54, 1.807) is 0 Å². The lowest BCUT2D eigenvalue weighted by Crippen LogP contribution is -2.47. The normalized spacial score (nSPS) is 22.1. The van der Waals surface area contributed by atoms with Gasteiger partial charge in [-0.1, -0.05) is 15.9 Å². The number of halogens is 1. The van der Waals surface area contributed by atoms with E-state index in [1.165, 1.54) is 42.5 Å². The number of amides is 1. The molecule has 0 aliphatic heterocycles. The Morgan fingerprint density at radius 2 is 2.20 bits per heavy atom. The first-order valence-corrected chi connectivity index (χ1v) is 9.74. The third-order valence-corrected chi connectivity index (χ3v) is 6.24. The van der Waals surface area contributed by atoms with Crippen molar-refractivity contribution in [3.8, 4) is 0 Å². The van der Waals surface area contributed by atoms with E-state index in [2.05, 4.69) is 32.3 Å². The highest BCUT2D eigenvalue weighted by molar-refractivity contribution is 9.09. The molecule has 4 heteroatoms. The highest BCUT2D eigenvalue weighted by Crippen LogP contribution is 2.37. The number of alkyl halides is 1. The Morgan fingerprint density at radius 3 is 2.90 bits per heavy atom. The van der Waals surface area contributed by atoms with Crippen molar-refractivity contribution in [2.24, 2.45) is 0 Å². The number of hydrogen-bond donors (Lipinski definition) is 0. The Kier molecular flexibility index (Phi) is 4.82. The van der Waals surface area contributed by atoms with Gasteiger partial charge in [0.1, 0.15) is 0 Å². The molecule has 1 heterocycles. The summed E-state index contributed by atoms with van der Waals surface area (Å²) in [6.07, 6.45) is 8.14. The van der Waals surface area contributed by atoms with E-state index in [-0.39, 0.29) is 5.92 Å². The molecule has 1 amide bonds. The van der Waals surface area contributed by atoms with Gasteiger partial charge in [0.2, 0.25) is 5.91 Å². The zero-order chi connectivity index (χ0) is 13.9. The van der Waals surface area contributed by atoms with Gasteiger partial charge in [0.15, 0.2) is 0 Å². The maximum absolute atomic E-state index is 13.0. The largest absolute Gasteiger partial charge is 0.339 e. The smallest absolute Gasteiger partial charge is 0.230 e. The van der Waals surface area contributed by atoms with Gasteiger partial charge >= 0.3 is 0 Å². The van der Waals surface area contributed by atoms with Crippen LogP contribution in [0.15, 0.2) is 11.4 Å². The van der Waals surface area contributed by atoms with Crippen LogP contribution in [0, 0.1) is 0 Å². The van der Waals surface area contributed by atoms with Gasteiger partial charge in [-0.25, -0.2) is 0 Å². The van der Waals surface area contributed by atoms with E-state index < -0.39 is 0 Å². The minimum Gasteiger partial charge on any atom is -0.339 e. The van der Waals surface area contributed by atoms with Crippen molar-refractivity contribution in [3.63, 3.8) is 0 Å². The van der Waals surface area contributed by atoms with Crippen molar-refractivity contribution < 1.29 is 4.79 Å². The molecular formula is C16H22BrNOS. The molecule has 110 valence electrons. The lowest BCUT2D eigenvalue weighted by atomic mass is 9.84. The summed E-state index contributed by atoms with van der Waals surface area (Å²) >= 11 is 5.32. The lowest BCUT2D eigenvalue weighted by molar-refractivity contribution is -0.137. The molecule has 2 aliphatic rings. The molecule has 20 heavy (non-hydrogen) atoms. The minimum atomic E-state index is 0.140. The Morgan fingerprint density at radius 1 is 1.35 bits per heavy atom. The number of carbonyl (C=O) groups is 1. The Hall–Kier alpha value is -0.350. The van der Waals surface area contributed by atoms with Crippen LogP contribution in [0.3, 0.4) is 0 Å². The van der Waals surface area contributed by atoms with E-state index in [0.717, 1.165) is 24.7 Å². The lowest BCUT2D eigenvalue weighted by Gasteiger charge is -2.40. The first-order valence-electron chi connectivity index (χ1n) is 7.74. The average molecular weight is 356 g/mol. The van der Waals surface area contributed by atoms with Gasteiger partial charge in [-0.2, -0.15) is 0 Å². The summed E-state index contributed by atoms with van der Waals surface area (Å²) in [6, 6.07) is 2.70. The highest BCUT2D eigenvalue weighted by Gasteiger charge is 2.35. The summed E-state index contributed by atoms with van der Waals surface area (Å²) in [5.41, 5.74) is 1.33. The SMILES string of the molecule is O=C(C1CCCc2sccc21)N(CCCBr)C1CCC1. The number of hydrogen-bond acceptors (Lipinski definition) is 2. The second-order valence-electron chi connectivity index (χ2n) is 5.90. The molecule has 0 radical (unpaired) electrons. The van der Waals surface area contributed by atoms with Gasteiger partial charge in [0, 0.05) is 22.8 Å². The average Bonchev–Trinajstić information content (AvgIpc) is 2.88. The highest BCUT2D eigenvalue weighted by atomic mass is 79.9. The summed E-state index contributed by atoms with van der Waals surface area (Å²) in [6.45, 7) is 0.921. The van der Waals surface area contributed by atoms with Gasteiger partial charge in [0.25, 0.3) is 0 Å². The molecule has 0 aromatic carbocycles. The third kappa shape index (κ3) is 2.82. The molecule has 1 saturated carbocycles. The van der Waals surface area contributed by atoms with Gasteiger partial charge in [-0.3, -0.25) is 4.79 Å². The van der Waals surface area contributed by atoms with Crippen LogP contribution in [-0.4, -0.2) is 28.7 Å². The fourth-order valence-electron chi connectivity index (χ4n) is 3.34. The number of nitrogens with zero attached hydrogens (tertiary/aromatic N) is 1. The fraction of sp³-hybridized carbons (Fsp3) is 0.688. The van der Waals surface area contributed by atoms with Crippen LogP contribution in [0.2, 0.25) is 0 Å². The summed E-state index contributed by atoms with van der Waals surface area (Å²) in [5.74, 6) is 0.538. The van der Waals surface area contributed by atoms with Gasteiger partial charge in [0.05, 0.1) is 5.92 Å². The molecule has 1 fully saturated rings. The Labute approximate surface area is 133 Å². The van der Waals surface area contributed by atoms with E-state index >= 15 is 0 Å². The molecule has 0 N–H and O–H groups in total. The second kappa shape index (κ2) is 6.61. The zero-order valence-corrected chi connectivity index (χ0v) is 14.2. The first-order chi connectivity index (χ1) is 9.81. The van der Waals surface area contributed by atoms with Gasteiger partial charge in [-0.05, 0) is 62.0 Å². The molecule has 0 bridgehead atoms. The van der Waals surface area contributed by atoms with Gasteiger partial charge < -0.3 is 4.90 Å². The molecule has 0 saturated heterocycles. The fourth-order valence-corrected chi connectivity index (χ4v) is 4.58. The quantitative estimate of drug-likeness (QED) is 0.719. The number of thiophene rings is 1. The van der Waals surface area contributed by atoms with Crippen LogP contribution >= 0.6 is 27.3 Å². The summed E-state index contributed by atoms with van der Waals surface area (Å²) in [4.78, 5) is 16.7. The third-order valence-electron chi connectivity index (χ3n) is 4.68. The monoisotopic (exact) mass is 355 g/mol. The van der Waals surface area contributed by atoms with Crippen LogP contribution in [0.4, 0.5) is 0 Å². The molecule has 2 nitrogen and oxygen atoms in total. The minimum absolute atomic E-state index is 0.140. The van der Waals surface area contributed by atoms with Crippen LogP contribution in [-0.2, 0) is 11.2 Å². The number of carbonyl (C=O) groups excluding carboxylic acids is 1. The van der Waals surface area contributed by atoms with Crippen LogP contribution in [0.5, 0.6) is 0 Å². The van der Waals surface area contributed by atoms with E-state index in [0.29, 0.717) is 11.9 Å².